The van der Waals surface area contributed by atoms with Crippen LogP contribution in [0.2, 0.25) is 0 Å². The second-order valence-corrected chi connectivity index (χ2v) is 13.2. The van der Waals surface area contributed by atoms with Crippen molar-refractivity contribution in [1.29, 1.82) is 0 Å². The van der Waals surface area contributed by atoms with E-state index in [2.05, 4.69) is 4.90 Å². The van der Waals surface area contributed by atoms with Crippen LogP contribution in [-0.4, -0.2) is 68.8 Å². The molecule has 2 heterocycles. The van der Waals surface area contributed by atoms with E-state index in [-0.39, 0.29) is 29.3 Å². The van der Waals surface area contributed by atoms with Crippen LogP contribution in [0.3, 0.4) is 0 Å². The topological polar surface area (TPSA) is 73.2 Å². The molecule has 9 heteroatoms. The number of benzene rings is 2. The van der Waals surface area contributed by atoms with Gasteiger partial charge in [0.1, 0.15) is 6.10 Å². The highest BCUT2D eigenvalue weighted by Gasteiger charge is 2.73. The van der Waals surface area contributed by atoms with Crippen LogP contribution in [0.15, 0.2) is 42.5 Å². The van der Waals surface area contributed by atoms with Crippen LogP contribution in [0.5, 0.6) is 11.5 Å². The second-order valence-electron chi connectivity index (χ2n) is 13.2. The lowest BCUT2D eigenvalue weighted by Crippen LogP contribution is -2.78. The van der Waals surface area contributed by atoms with Crippen molar-refractivity contribution in [2.45, 2.75) is 93.8 Å². The van der Waals surface area contributed by atoms with E-state index in [1.54, 1.807) is 11.0 Å². The van der Waals surface area contributed by atoms with Gasteiger partial charge in [-0.05, 0) is 100 Å². The number of halogens is 3. The number of piperidine rings is 1. The fourth-order valence-electron chi connectivity index (χ4n) is 8.61. The molecule has 1 saturated heterocycles. The minimum atomic E-state index is -4.47. The maximum atomic E-state index is 13.8. The summed E-state index contributed by atoms with van der Waals surface area (Å²) in [5, 5.41) is 23.6. The molecular weight excluding hydrogens is 545 g/mol. The number of alkyl halides is 3. The molecular formula is C33H37F3N2O4. The van der Waals surface area contributed by atoms with Gasteiger partial charge < -0.3 is 19.8 Å². The maximum Gasteiger partial charge on any atom is 0.416 e. The molecule has 2 aliphatic heterocycles. The molecule has 7 rings (SSSR count). The van der Waals surface area contributed by atoms with E-state index in [0.29, 0.717) is 37.4 Å². The van der Waals surface area contributed by atoms with Gasteiger partial charge >= 0.3 is 6.18 Å². The predicted molar refractivity (Wildman–Crippen MR) is 151 cm³/mol. The fourth-order valence-corrected chi connectivity index (χ4v) is 8.61. The van der Waals surface area contributed by atoms with E-state index in [4.69, 9.17) is 4.74 Å². The Labute approximate surface area is 243 Å². The van der Waals surface area contributed by atoms with Gasteiger partial charge in [0.05, 0.1) is 22.6 Å². The lowest BCUT2D eigenvalue weighted by molar-refractivity contribution is -0.202. The number of aromatic hydroxyl groups is 1. The third-order valence-corrected chi connectivity index (χ3v) is 10.5. The largest absolute Gasteiger partial charge is 0.504 e. The predicted octanol–water partition coefficient (Wildman–Crippen LogP) is 5.29. The number of rotatable bonds is 6. The molecule has 2 saturated carbocycles. The van der Waals surface area contributed by atoms with E-state index in [1.807, 2.05) is 19.9 Å². The van der Waals surface area contributed by atoms with Gasteiger partial charge in [-0.1, -0.05) is 18.2 Å². The van der Waals surface area contributed by atoms with Crippen molar-refractivity contribution in [2.24, 2.45) is 5.92 Å². The van der Waals surface area contributed by atoms with Crippen molar-refractivity contribution >= 4 is 12.0 Å². The molecule has 6 nitrogen and oxygen atoms in total. The SMILES string of the molecule is CC(C)N(C(=O)/C=C/c1cccc(C(F)(F)F)c1)[C@@H]1CC[C@@]2(O)[C@H]3Cc4ccc(O)c5c4[C@@]2(CCN3CC2CC2)[C@H]1O5. The molecule has 2 bridgehead atoms. The van der Waals surface area contributed by atoms with E-state index in [9.17, 15) is 28.2 Å². The Bertz CT molecular complexity index is 1450. The number of carbonyl (C=O) groups is 1. The molecule has 0 unspecified atom stereocenters. The minimum absolute atomic E-state index is 0.0457. The number of hydrogen-bond acceptors (Lipinski definition) is 5. The molecule has 3 aliphatic carbocycles. The quantitative estimate of drug-likeness (QED) is 0.453. The summed E-state index contributed by atoms with van der Waals surface area (Å²) in [6, 6.07) is 7.85. The Balaban J connectivity index is 1.25. The molecule has 5 aliphatic rings. The van der Waals surface area contributed by atoms with E-state index in [0.717, 1.165) is 36.3 Å². The number of amides is 1. The van der Waals surface area contributed by atoms with E-state index >= 15 is 0 Å². The van der Waals surface area contributed by atoms with Crippen LogP contribution in [0.4, 0.5) is 13.2 Å². The number of phenols is 1. The first-order valence-electron chi connectivity index (χ1n) is 15.1. The number of ether oxygens (including phenoxy) is 1. The summed E-state index contributed by atoms with van der Waals surface area (Å²) in [7, 11) is 0. The van der Waals surface area contributed by atoms with E-state index < -0.39 is 34.9 Å². The summed E-state index contributed by atoms with van der Waals surface area (Å²) in [5.41, 5.74) is -0.314. The zero-order chi connectivity index (χ0) is 29.6. The first-order chi connectivity index (χ1) is 19.9. The number of phenolic OH excluding ortho intramolecular Hbond substituents is 1. The summed E-state index contributed by atoms with van der Waals surface area (Å²) >= 11 is 0. The van der Waals surface area contributed by atoms with Gasteiger partial charge in [-0.3, -0.25) is 9.69 Å². The van der Waals surface area contributed by atoms with Gasteiger partial charge in [0.2, 0.25) is 5.91 Å². The van der Waals surface area contributed by atoms with Crippen molar-refractivity contribution in [1.82, 2.24) is 9.80 Å². The molecule has 1 spiro atoms. The number of carbonyl (C=O) groups excluding carboxylic acids is 1. The van der Waals surface area contributed by atoms with Gasteiger partial charge in [0, 0.05) is 30.3 Å². The second kappa shape index (κ2) is 9.48. The number of nitrogens with zero attached hydrogens (tertiary/aromatic N) is 2. The zero-order valence-electron chi connectivity index (χ0n) is 23.9. The lowest BCUT2D eigenvalue weighted by Gasteiger charge is -2.65. The van der Waals surface area contributed by atoms with E-state index in [1.165, 1.54) is 37.1 Å². The van der Waals surface area contributed by atoms with Gasteiger partial charge in [0.25, 0.3) is 0 Å². The van der Waals surface area contributed by atoms with Crippen LogP contribution in [0, 0.1) is 5.92 Å². The first kappa shape index (κ1) is 27.8. The van der Waals surface area contributed by atoms with Crippen LogP contribution < -0.4 is 4.74 Å². The monoisotopic (exact) mass is 582 g/mol. The Morgan fingerprint density at radius 2 is 1.98 bits per heavy atom. The third-order valence-electron chi connectivity index (χ3n) is 10.5. The highest BCUT2D eigenvalue weighted by molar-refractivity contribution is 5.92. The Morgan fingerprint density at radius 3 is 2.69 bits per heavy atom. The van der Waals surface area contributed by atoms with Gasteiger partial charge in [-0.25, -0.2) is 0 Å². The number of likely N-dealkylation sites (tertiary alicyclic amines) is 1. The highest BCUT2D eigenvalue weighted by Crippen LogP contribution is 2.66. The standard InChI is InChI=1S/C33H37F3N2O4/c1-19(2)38(27(40)11-8-20-4-3-5-23(16-20)33(34,35)36)24-12-13-32(41)26-17-22-9-10-25(39)29-28(22)31(32,30(24)42-29)14-15-37(26)18-21-6-7-21/h3-5,8-11,16,19,21,24,26,30,39,41H,6-7,12-15,17-18H2,1-2H3/b11-8+/t24-,26-,30+,31+,32-/m1/s1. The van der Waals surface area contributed by atoms with Crippen molar-refractivity contribution in [3.8, 4) is 11.5 Å². The Kier molecular flexibility index (Phi) is 6.27. The smallest absolute Gasteiger partial charge is 0.416 e. The number of hydrogen-bond donors (Lipinski definition) is 2. The van der Waals surface area contributed by atoms with Gasteiger partial charge in [-0.2, -0.15) is 13.2 Å². The summed E-state index contributed by atoms with van der Waals surface area (Å²) in [6.45, 7) is 5.63. The maximum absolute atomic E-state index is 13.8. The molecule has 224 valence electrons. The van der Waals surface area contributed by atoms with Crippen LogP contribution in [0.1, 0.15) is 68.2 Å². The molecule has 0 aromatic heterocycles. The van der Waals surface area contributed by atoms with Crippen molar-refractivity contribution in [3.63, 3.8) is 0 Å². The minimum Gasteiger partial charge on any atom is -0.504 e. The van der Waals surface area contributed by atoms with Crippen LogP contribution in [-0.2, 0) is 22.8 Å². The van der Waals surface area contributed by atoms with Crippen LogP contribution in [0.25, 0.3) is 6.08 Å². The average molecular weight is 583 g/mol. The third kappa shape index (κ3) is 4.03. The van der Waals surface area contributed by atoms with Crippen molar-refractivity contribution < 1.29 is 32.9 Å². The normalized spacial score (nSPS) is 31.7. The van der Waals surface area contributed by atoms with Gasteiger partial charge in [-0.15, -0.1) is 0 Å². The summed E-state index contributed by atoms with van der Waals surface area (Å²) in [5.74, 6) is 0.831. The Hall–Kier alpha value is -3.04. The molecule has 42 heavy (non-hydrogen) atoms. The van der Waals surface area contributed by atoms with Gasteiger partial charge in [0.15, 0.2) is 11.5 Å². The van der Waals surface area contributed by atoms with Crippen molar-refractivity contribution in [3.05, 3.63) is 64.7 Å². The molecule has 5 atom stereocenters. The highest BCUT2D eigenvalue weighted by atomic mass is 19.4. The average Bonchev–Trinajstić information content (AvgIpc) is 3.68. The molecule has 1 amide bonds. The molecule has 2 aromatic carbocycles. The van der Waals surface area contributed by atoms with Crippen LogP contribution >= 0.6 is 0 Å². The Morgan fingerprint density at radius 1 is 1.19 bits per heavy atom. The summed E-state index contributed by atoms with van der Waals surface area (Å²) in [4.78, 5) is 18.0. The first-order valence-corrected chi connectivity index (χ1v) is 15.1. The van der Waals surface area contributed by atoms with Crippen molar-refractivity contribution in [2.75, 3.05) is 13.1 Å². The molecule has 2 N–H and O–H groups in total. The molecule has 3 fully saturated rings. The number of aliphatic hydroxyl groups is 1. The molecule has 0 radical (unpaired) electrons. The summed E-state index contributed by atoms with van der Waals surface area (Å²) in [6.07, 6.45) is 2.56. The summed E-state index contributed by atoms with van der Waals surface area (Å²) < 4.78 is 46.4. The zero-order valence-corrected chi connectivity index (χ0v) is 23.9. The molecule has 2 aromatic rings. The fraction of sp³-hybridized carbons (Fsp3) is 0.545. The lowest BCUT2D eigenvalue weighted by atomic mass is 9.48.